The Kier molecular flexibility index (Phi) is 11.5. The van der Waals surface area contributed by atoms with Crippen molar-refractivity contribution >= 4 is 46.7 Å². The van der Waals surface area contributed by atoms with Crippen molar-refractivity contribution in [1.82, 2.24) is 20.9 Å². The molecule has 0 unspecified atom stereocenters. The minimum atomic E-state index is -1.13. The minimum Gasteiger partial charge on any atom is -0.496 e. The van der Waals surface area contributed by atoms with E-state index in [0.717, 1.165) is 5.56 Å². The van der Waals surface area contributed by atoms with Gasteiger partial charge in [-0.25, -0.2) is 0 Å². The summed E-state index contributed by atoms with van der Waals surface area (Å²) in [6.07, 6.45) is 1.63. The molecular weight excluding hydrogens is 690 g/mol. The number of ether oxygens (including phenoxy) is 2. The van der Waals surface area contributed by atoms with Crippen LogP contribution in [0.4, 0.5) is 0 Å². The van der Waals surface area contributed by atoms with Gasteiger partial charge in [0.1, 0.15) is 23.6 Å². The fourth-order valence-electron chi connectivity index (χ4n) is 7.08. The average Bonchev–Trinajstić information content (AvgIpc) is 3.70. The normalized spacial score (nSPS) is 23.2. The van der Waals surface area contributed by atoms with E-state index in [4.69, 9.17) is 25.9 Å². The molecule has 1 saturated heterocycles. The third-order valence-corrected chi connectivity index (χ3v) is 10.3. The summed E-state index contributed by atoms with van der Waals surface area (Å²) in [5.41, 5.74) is 0.252. The van der Waals surface area contributed by atoms with Gasteiger partial charge in [-0.1, -0.05) is 81.2 Å². The van der Waals surface area contributed by atoms with Crippen molar-refractivity contribution in [2.75, 3.05) is 27.8 Å². The number of hydrogen-bond donors (Lipinski definition) is 3. The maximum absolute atomic E-state index is 14.7. The third-order valence-electron chi connectivity index (χ3n) is 10.0. The molecule has 14 heteroatoms. The number of carbonyl (C=O) groups is 5. The zero-order valence-electron chi connectivity index (χ0n) is 30.7. The fraction of sp³-hybridized carbons (Fsp3) is 0.526. The molecule has 3 N–H and O–H groups in total. The Hall–Kier alpha value is -4.65. The average molecular weight is 738 g/mol. The second kappa shape index (κ2) is 15.5. The number of rotatable bonds is 13. The first-order valence-electron chi connectivity index (χ1n) is 17.6. The molecule has 0 aromatic heterocycles. The summed E-state index contributed by atoms with van der Waals surface area (Å²) >= 11 is 6.47. The molecule has 1 saturated carbocycles. The number of hydrogen-bond acceptors (Lipinski definition) is 9. The van der Waals surface area contributed by atoms with Gasteiger partial charge in [0.2, 0.25) is 23.5 Å². The molecule has 2 fully saturated rings. The highest BCUT2D eigenvalue weighted by molar-refractivity contribution is 6.38. The van der Waals surface area contributed by atoms with Gasteiger partial charge in [-0.3, -0.25) is 24.0 Å². The van der Waals surface area contributed by atoms with Gasteiger partial charge in [0.15, 0.2) is 5.60 Å². The van der Waals surface area contributed by atoms with E-state index in [-0.39, 0.29) is 43.6 Å². The van der Waals surface area contributed by atoms with Gasteiger partial charge in [0.05, 0.1) is 37.5 Å². The predicted octanol–water partition coefficient (Wildman–Crippen LogP) is 3.76. The number of carbonyl (C=O) groups excluding carboxylic acids is 5. The third kappa shape index (κ3) is 8.04. The van der Waals surface area contributed by atoms with Gasteiger partial charge in [0, 0.05) is 37.4 Å². The lowest BCUT2D eigenvalue weighted by Gasteiger charge is -2.35. The van der Waals surface area contributed by atoms with Gasteiger partial charge in [-0.2, -0.15) is 0 Å². The second-order valence-corrected chi connectivity index (χ2v) is 15.2. The number of oxime groups is 1. The zero-order valence-corrected chi connectivity index (χ0v) is 31.5. The molecule has 4 amide bonds. The first-order chi connectivity index (χ1) is 24.7. The topological polar surface area (TPSA) is 165 Å². The Morgan fingerprint density at radius 2 is 1.73 bits per heavy atom. The molecule has 280 valence electrons. The van der Waals surface area contributed by atoms with Crippen molar-refractivity contribution in [3.8, 4) is 11.5 Å². The molecule has 2 aromatic carbocycles. The van der Waals surface area contributed by atoms with E-state index in [1.807, 2.05) is 58.0 Å². The number of Topliss-reactive ketones (excluding diaryl/α,β-unsaturated/α-hetero) is 1. The summed E-state index contributed by atoms with van der Waals surface area (Å²) in [5.74, 6) is -2.30. The number of benzene rings is 2. The highest BCUT2D eigenvalue weighted by atomic mass is 35.5. The first-order valence-corrected chi connectivity index (χ1v) is 17.9. The molecular formula is C38H48ClN5O8. The first kappa shape index (κ1) is 38.6. The molecule has 6 atom stereocenters. The fourth-order valence-corrected chi connectivity index (χ4v) is 7.32. The number of likely N-dealkylation sites (tertiary alicyclic amines) is 1. The highest BCUT2D eigenvalue weighted by Gasteiger charge is 2.56. The molecule has 2 aliphatic heterocycles. The summed E-state index contributed by atoms with van der Waals surface area (Å²) in [6, 6.07) is 9.87. The Labute approximate surface area is 309 Å². The smallest absolute Gasteiger partial charge is 0.289 e. The SMILES string of the molecule is CCC[C@H](NC(=O)[C@@H]1C[C@]2(CC(c3cc(Cl)c(OC)cc3OC)=NO2)CN1C(=O)[C@@H](NC(=O)[C@@H]1C[C@H]1c1ccccc1)C(C)(C)C)C(=O)C(=O)NC. The molecule has 13 nitrogen and oxygen atoms in total. The summed E-state index contributed by atoms with van der Waals surface area (Å²) in [4.78, 5) is 75.3. The number of methoxy groups -OCH3 is 2. The maximum atomic E-state index is 14.7. The van der Waals surface area contributed by atoms with E-state index in [1.54, 1.807) is 12.1 Å². The molecule has 0 radical (unpaired) electrons. The van der Waals surface area contributed by atoms with Crippen molar-refractivity contribution in [3.05, 3.63) is 58.6 Å². The van der Waals surface area contributed by atoms with Crippen LogP contribution in [0.5, 0.6) is 11.5 Å². The van der Waals surface area contributed by atoms with Crippen LogP contribution >= 0.6 is 11.6 Å². The van der Waals surface area contributed by atoms with E-state index in [1.165, 1.54) is 26.2 Å². The van der Waals surface area contributed by atoms with E-state index in [0.29, 0.717) is 40.6 Å². The van der Waals surface area contributed by atoms with Crippen LogP contribution in [0.2, 0.25) is 5.02 Å². The van der Waals surface area contributed by atoms with Gasteiger partial charge < -0.3 is 35.2 Å². The minimum absolute atomic E-state index is 0.0281. The van der Waals surface area contributed by atoms with Crippen LogP contribution in [-0.4, -0.2) is 91.6 Å². The van der Waals surface area contributed by atoms with Crippen molar-refractivity contribution in [2.45, 2.75) is 89.4 Å². The van der Waals surface area contributed by atoms with Crippen molar-refractivity contribution in [1.29, 1.82) is 0 Å². The molecule has 1 aliphatic carbocycles. The Bertz CT molecular complexity index is 1740. The molecule has 1 spiro atoms. The van der Waals surface area contributed by atoms with E-state index in [2.05, 4.69) is 21.1 Å². The van der Waals surface area contributed by atoms with Crippen molar-refractivity contribution in [3.63, 3.8) is 0 Å². The van der Waals surface area contributed by atoms with Gasteiger partial charge in [-0.05, 0) is 35.8 Å². The maximum Gasteiger partial charge on any atom is 0.289 e. The standard InChI is InChI=1S/C38H48ClN5O8/c1-8-12-26(31(45)35(48)40-5)41-34(47)28-19-38(18-27(43-52-38)24-16-25(39)30(51-7)17-29(24)50-6)20-44(28)36(49)32(37(2,3)4)42-33(46)23-15-22(23)21-13-10-9-11-14-21/h9-11,13-14,16-17,22-23,26,28,32H,8,12,15,18-20H2,1-7H3,(H,40,48)(H,41,47)(H,42,46)/t22-,23+,26-,28-,32+,38+/m0/s1. The number of amides is 4. The van der Waals surface area contributed by atoms with Gasteiger partial charge >= 0.3 is 0 Å². The molecule has 5 rings (SSSR count). The Morgan fingerprint density at radius 1 is 1.04 bits per heavy atom. The summed E-state index contributed by atoms with van der Waals surface area (Å²) in [5, 5.41) is 12.8. The van der Waals surface area contributed by atoms with Crippen LogP contribution in [0.1, 0.15) is 76.8 Å². The Balaban J connectivity index is 1.44. The molecule has 0 bridgehead atoms. The number of nitrogens with one attached hydrogen (secondary N) is 3. The van der Waals surface area contributed by atoms with Crippen LogP contribution < -0.4 is 25.4 Å². The van der Waals surface area contributed by atoms with Crippen molar-refractivity contribution in [2.24, 2.45) is 16.5 Å². The van der Waals surface area contributed by atoms with E-state index < -0.39 is 52.6 Å². The van der Waals surface area contributed by atoms with Gasteiger partial charge in [0.25, 0.3) is 5.91 Å². The molecule has 2 heterocycles. The molecule has 52 heavy (non-hydrogen) atoms. The number of halogens is 1. The van der Waals surface area contributed by atoms with E-state index in [9.17, 15) is 24.0 Å². The lowest BCUT2D eigenvalue weighted by Crippen LogP contribution is -2.59. The summed E-state index contributed by atoms with van der Waals surface area (Å²) < 4.78 is 10.9. The number of ketones is 1. The highest BCUT2D eigenvalue weighted by Crippen LogP contribution is 2.48. The summed E-state index contributed by atoms with van der Waals surface area (Å²) in [7, 11) is 4.34. The summed E-state index contributed by atoms with van der Waals surface area (Å²) in [6.45, 7) is 7.35. The van der Waals surface area contributed by atoms with Crippen LogP contribution in [0, 0.1) is 11.3 Å². The monoisotopic (exact) mass is 737 g/mol. The van der Waals surface area contributed by atoms with Crippen LogP contribution in [0.25, 0.3) is 0 Å². The lowest BCUT2D eigenvalue weighted by molar-refractivity contribution is -0.145. The quantitative estimate of drug-likeness (QED) is 0.262. The largest absolute Gasteiger partial charge is 0.496 e. The molecule has 3 aliphatic rings. The lowest BCUT2D eigenvalue weighted by atomic mass is 9.85. The van der Waals surface area contributed by atoms with Crippen LogP contribution in [-0.2, 0) is 28.8 Å². The van der Waals surface area contributed by atoms with Crippen molar-refractivity contribution < 1.29 is 38.3 Å². The van der Waals surface area contributed by atoms with E-state index >= 15 is 0 Å². The molecule has 2 aromatic rings. The zero-order chi connectivity index (χ0) is 38.0. The number of likely N-dealkylation sites (N-methyl/N-ethyl adjacent to an activating group) is 1. The number of nitrogens with zero attached hydrogens (tertiary/aromatic N) is 2. The van der Waals surface area contributed by atoms with Crippen LogP contribution in [0.15, 0.2) is 47.6 Å². The predicted molar refractivity (Wildman–Crippen MR) is 194 cm³/mol. The second-order valence-electron chi connectivity index (χ2n) is 14.8. The van der Waals surface area contributed by atoms with Crippen LogP contribution in [0.3, 0.4) is 0 Å². The van der Waals surface area contributed by atoms with Gasteiger partial charge in [-0.15, -0.1) is 0 Å². The Morgan fingerprint density at radius 3 is 2.35 bits per heavy atom.